The summed E-state index contributed by atoms with van der Waals surface area (Å²) in [4.78, 5) is 10.2. The first kappa shape index (κ1) is 17.6. The van der Waals surface area contributed by atoms with Crippen LogP contribution in [0.3, 0.4) is 0 Å². The largest absolute Gasteiger partial charge is 0.479 e. The molecular formula is C7H17NO8. The van der Waals surface area contributed by atoms with Gasteiger partial charge in [-0.1, -0.05) is 0 Å². The Kier molecular flexibility index (Phi) is 8.20. The maximum atomic E-state index is 10.2. The molecule has 0 fully saturated rings. The van der Waals surface area contributed by atoms with Crippen LogP contribution in [0.15, 0.2) is 0 Å². The Morgan fingerprint density at radius 2 is 1.38 bits per heavy atom. The van der Waals surface area contributed by atoms with Gasteiger partial charge in [0.1, 0.15) is 24.4 Å². The summed E-state index contributed by atoms with van der Waals surface area (Å²) < 4.78 is 0. The van der Waals surface area contributed by atoms with Crippen LogP contribution in [0.1, 0.15) is 0 Å². The van der Waals surface area contributed by atoms with E-state index in [1.54, 1.807) is 0 Å². The summed E-state index contributed by atoms with van der Waals surface area (Å²) in [6, 6.07) is 0. The van der Waals surface area contributed by atoms with Gasteiger partial charge < -0.3 is 41.9 Å². The number of rotatable bonds is 6. The van der Waals surface area contributed by atoms with Gasteiger partial charge in [-0.15, -0.1) is 0 Å². The van der Waals surface area contributed by atoms with Crippen molar-refractivity contribution >= 4 is 5.97 Å². The predicted molar refractivity (Wildman–Crippen MR) is 49.8 cm³/mol. The van der Waals surface area contributed by atoms with E-state index in [0.29, 0.717) is 0 Å². The molecule has 16 heavy (non-hydrogen) atoms. The molecule has 5 atom stereocenters. The predicted octanol–water partition coefficient (Wildman–Crippen LogP) is -3.97. The van der Waals surface area contributed by atoms with Crippen LogP contribution in [-0.4, -0.2) is 78.8 Å². The Morgan fingerprint density at radius 1 is 0.938 bits per heavy atom. The van der Waals surface area contributed by atoms with Gasteiger partial charge >= 0.3 is 5.97 Å². The van der Waals surface area contributed by atoms with Gasteiger partial charge in [0.25, 0.3) is 0 Å². The van der Waals surface area contributed by atoms with Gasteiger partial charge in [0.2, 0.25) is 0 Å². The smallest absolute Gasteiger partial charge is 0.335 e. The van der Waals surface area contributed by atoms with Gasteiger partial charge in [0.05, 0.1) is 6.61 Å². The highest BCUT2D eigenvalue weighted by Gasteiger charge is 2.36. The molecule has 0 aliphatic heterocycles. The average molecular weight is 243 g/mol. The molecule has 0 aromatic rings. The molecule has 0 amide bonds. The highest BCUT2D eigenvalue weighted by Crippen LogP contribution is 2.08. The Hall–Kier alpha value is -0.810. The number of carboxylic acid groups (broad SMARTS) is 1. The summed E-state index contributed by atoms with van der Waals surface area (Å²) in [5.74, 6) is -1.78. The van der Waals surface area contributed by atoms with Crippen molar-refractivity contribution in [3.05, 3.63) is 0 Å². The Bertz CT molecular complexity index is 213. The summed E-state index contributed by atoms with van der Waals surface area (Å²) in [6.45, 7) is -0.881. The molecule has 0 aromatic heterocycles. The van der Waals surface area contributed by atoms with E-state index in [1.165, 1.54) is 0 Å². The minimum atomic E-state index is -2.29. The van der Waals surface area contributed by atoms with Gasteiger partial charge in [-0.05, 0) is 0 Å². The number of aliphatic carboxylic acids is 1. The third kappa shape index (κ3) is 4.37. The third-order valence-electron chi connectivity index (χ3n) is 1.86. The Labute approximate surface area is 90.8 Å². The van der Waals surface area contributed by atoms with Crippen LogP contribution < -0.4 is 6.15 Å². The molecule has 10 N–H and O–H groups in total. The van der Waals surface area contributed by atoms with Crippen molar-refractivity contribution in [1.82, 2.24) is 6.15 Å². The first-order valence-electron chi connectivity index (χ1n) is 4.07. The zero-order chi connectivity index (χ0) is 12.2. The van der Waals surface area contributed by atoms with Crippen molar-refractivity contribution in [2.45, 2.75) is 30.5 Å². The fourth-order valence-electron chi connectivity index (χ4n) is 0.870. The van der Waals surface area contributed by atoms with Crippen molar-refractivity contribution in [1.29, 1.82) is 0 Å². The van der Waals surface area contributed by atoms with Crippen molar-refractivity contribution in [3.63, 3.8) is 0 Å². The number of hydrogen-bond acceptors (Lipinski definition) is 8. The molecule has 0 saturated heterocycles. The minimum absolute atomic E-state index is 0. The Balaban J connectivity index is 0. The second-order valence-electron chi connectivity index (χ2n) is 3.00. The quantitative estimate of drug-likeness (QED) is 0.229. The molecule has 0 spiro atoms. The van der Waals surface area contributed by atoms with Crippen molar-refractivity contribution in [2.24, 2.45) is 0 Å². The van der Waals surface area contributed by atoms with E-state index < -0.39 is 43.1 Å². The zero-order valence-corrected chi connectivity index (χ0v) is 8.34. The van der Waals surface area contributed by atoms with Crippen LogP contribution in [-0.2, 0) is 4.79 Å². The van der Waals surface area contributed by atoms with E-state index in [9.17, 15) is 4.79 Å². The van der Waals surface area contributed by atoms with E-state index in [1.807, 2.05) is 0 Å². The summed E-state index contributed by atoms with van der Waals surface area (Å²) in [5.41, 5.74) is 0. The number of carbonyl (C=O) groups is 1. The molecule has 0 heterocycles. The molecule has 9 heteroatoms. The van der Waals surface area contributed by atoms with Crippen LogP contribution >= 0.6 is 0 Å². The molecule has 98 valence electrons. The monoisotopic (exact) mass is 243 g/mol. The molecule has 0 bridgehead atoms. The number of hydrogen-bond donors (Lipinski definition) is 8. The SMILES string of the molecule is N.O=C(O)[C@H](O)[C@H](O)[C@H](O)[C@@H](O)[C@H](O)CO. The lowest BCUT2D eigenvalue weighted by Crippen LogP contribution is -2.51. The standard InChI is InChI=1S/C7H14O8.H3N/c8-1-2(9)3(10)4(11)5(12)6(13)7(14)15;/h2-6,8-13H,1H2,(H,14,15);1H3/t2-,3+,4-,5-,6-;/m1./s1. The maximum Gasteiger partial charge on any atom is 0.335 e. The van der Waals surface area contributed by atoms with Gasteiger partial charge in [-0.25, -0.2) is 4.79 Å². The molecular weight excluding hydrogens is 226 g/mol. The number of carboxylic acids is 1. The Morgan fingerprint density at radius 3 is 1.69 bits per heavy atom. The molecule has 0 aliphatic rings. The van der Waals surface area contributed by atoms with Crippen LogP contribution in [0.2, 0.25) is 0 Å². The summed E-state index contributed by atoms with van der Waals surface area (Å²) in [7, 11) is 0. The van der Waals surface area contributed by atoms with Crippen molar-refractivity contribution in [2.75, 3.05) is 6.61 Å². The first-order chi connectivity index (χ1) is 6.82. The second-order valence-corrected chi connectivity index (χ2v) is 3.00. The van der Waals surface area contributed by atoms with Gasteiger partial charge in [-0.3, -0.25) is 0 Å². The van der Waals surface area contributed by atoms with Crippen LogP contribution in [0, 0.1) is 0 Å². The first-order valence-corrected chi connectivity index (χ1v) is 4.07. The molecule has 0 radical (unpaired) electrons. The average Bonchev–Trinajstić information content (AvgIpc) is 2.23. The molecule has 0 rings (SSSR count). The number of aliphatic hydroxyl groups excluding tert-OH is 6. The highest BCUT2D eigenvalue weighted by atomic mass is 16.4. The lowest BCUT2D eigenvalue weighted by atomic mass is 9.99. The fourth-order valence-corrected chi connectivity index (χ4v) is 0.870. The molecule has 0 aromatic carbocycles. The van der Waals surface area contributed by atoms with E-state index in [0.717, 1.165) is 0 Å². The van der Waals surface area contributed by atoms with Gasteiger partial charge in [0, 0.05) is 0 Å². The molecule has 0 aliphatic carbocycles. The summed E-state index contributed by atoms with van der Waals surface area (Å²) >= 11 is 0. The minimum Gasteiger partial charge on any atom is -0.479 e. The van der Waals surface area contributed by atoms with Gasteiger partial charge in [-0.2, -0.15) is 0 Å². The van der Waals surface area contributed by atoms with E-state index >= 15 is 0 Å². The normalized spacial score (nSPS) is 20.1. The van der Waals surface area contributed by atoms with E-state index in [4.69, 9.17) is 35.7 Å². The zero-order valence-electron chi connectivity index (χ0n) is 8.34. The maximum absolute atomic E-state index is 10.2. The highest BCUT2D eigenvalue weighted by molar-refractivity contribution is 5.72. The lowest BCUT2D eigenvalue weighted by molar-refractivity contribution is -0.169. The molecule has 9 nitrogen and oxygen atoms in total. The van der Waals surface area contributed by atoms with Crippen molar-refractivity contribution < 1.29 is 40.5 Å². The second kappa shape index (κ2) is 7.46. The van der Waals surface area contributed by atoms with Crippen molar-refractivity contribution in [3.8, 4) is 0 Å². The topological polar surface area (TPSA) is 194 Å². The summed E-state index contributed by atoms with van der Waals surface area (Å²) in [6.07, 6.45) is -10.2. The van der Waals surface area contributed by atoms with Crippen LogP contribution in [0.4, 0.5) is 0 Å². The fraction of sp³-hybridized carbons (Fsp3) is 0.857. The number of aliphatic hydroxyl groups is 6. The van der Waals surface area contributed by atoms with E-state index in [-0.39, 0.29) is 6.15 Å². The van der Waals surface area contributed by atoms with Gasteiger partial charge in [0.15, 0.2) is 6.10 Å². The lowest BCUT2D eigenvalue weighted by Gasteiger charge is -2.26. The van der Waals surface area contributed by atoms with Crippen LogP contribution in [0.25, 0.3) is 0 Å². The third-order valence-corrected chi connectivity index (χ3v) is 1.86. The molecule has 0 saturated carbocycles. The summed E-state index contributed by atoms with van der Waals surface area (Å²) in [5, 5.41) is 61.5. The van der Waals surface area contributed by atoms with E-state index in [2.05, 4.69) is 0 Å². The van der Waals surface area contributed by atoms with Crippen LogP contribution in [0.5, 0.6) is 0 Å². The molecule has 0 unspecified atom stereocenters.